The Hall–Kier alpha value is -2.65. The Bertz CT molecular complexity index is 1180. The second-order valence-corrected chi connectivity index (χ2v) is 10.8. The number of thiophene rings is 1. The van der Waals surface area contributed by atoms with Crippen molar-refractivity contribution in [3.63, 3.8) is 0 Å². The number of hydrogen-bond donors (Lipinski definition) is 1. The van der Waals surface area contributed by atoms with E-state index in [0.717, 1.165) is 40.9 Å². The molecule has 31 heavy (non-hydrogen) atoms. The van der Waals surface area contributed by atoms with Gasteiger partial charge in [0.25, 0.3) is 10.0 Å². The highest BCUT2D eigenvalue weighted by Crippen LogP contribution is 2.40. The van der Waals surface area contributed by atoms with E-state index in [9.17, 15) is 13.2 Å². The number of hydrogen-bond acceptors (Lipinski definition) is 6. The summed E-state index contributed by atoms with van der Waals surface area (Å²) in [5.74, 6) is 1.30. The average Bonchev–Trinajstić information content (AvgIpc) is 3.25. The molecule has 3 aromatic rings. The van der Waals surface area contributed by atoms with E-state index in [4.69, 9.17) is 0 Å². The first-order chi connectivity index (χ1) is 14.6. The first kappa shape index (κ1) is 23.0. The normalized spacial score (nSPS) is 11.7. The number of aryl methyl sites for hydroxylation is 1. The van der Waals surface area contributed by atoms with Crippen molar-refractivity contribution in [2.45, 2.75) is 44.9 Å². The molecule has 1 amide bonds. The summed E-state index contributed by atoms with van der Waals surface area (Å²) >= 11 is 1.21. The Labute approximate surface area is 187 Å². The smallest absolute Gasteiger partial charge is 0.420 e. The quantitative estimate of drug-likeness (QED) is 0.559. The van der Waals surface area contributed by atoms with E-state index in [1.54, 1.807) is 6.20 Å². The molecule has 0 aliphatic rings. The molecule has 3 rings (SSSR count). The molecule has 0 fully saturated rings. The van der Waals surface area contributed by atoms with Crippen molar-refractivity contribution >= 4 is 27.5 Å². The van der Waals surface area contributed by atoms with Crippen molar-refractivity contribution in [1.82, 2.24) is 14.3 Å². The molecule has 0 radical (unpaired) electrons. The molecule has 166 valence electrons. The Morgan fingerprint density at radius 1 is 1.23 bits per heavy atom. The van der Waals surface area contributed by atoms with Crippen LogP contribution in [0.3, 0.4) is 0 Å². The van der Waals surface area contributed by atoms with Crippen LogP contribution < -0.4 is 4.72 Å². The van der Waals surface area contributed by atoms with Gasteiger partial charge < -0.3 is 9.30 Å². The maximum Gasteiger partial charge on any atom is 0.420 e. The van der Waals surface area contributed by atoms with Crippen LogP contribution in [-0.4, -0.2) is 31.2 Å². The van der Waals surface area contributed by atoms with Crippen LogP contribution in [0.25, 0.3) is 11.1 Å². The van der Waals surface area contributed by atoms with E-state index < -0.39 is 16.1 Å². The molecule has 7 nitrogen and oxygen atoms in total. The number of carbonyl (C=O) groups excluding carboxylic acids is 1. The van der Waals surface area contributed by atoms with Crippen molar-refractivity contribution in [1.29, 1.82) is 0 Å². The minimum Gasteiger partial charge on any atom is -0.452 e. The van der Waals surface area contributed by atoms with Crippen LogP contribution in [0.4, 0.5) is 4.79 Å². The maximum absolute atomic E-state index is 13.0. The third kappa shape index (κ3) is 5.16. The highest BCUT2D eigenvalue weighted by molar-refractivity contribution is 7.92. The fourth-order valence-electron chi connectivity index (χ4n) is 3.36. The van der Waals surface area contributed by atoms with Gasteiger partial charge in [0.15, 0.2) is 0 Å². The van der Waals surface area contributed by atoms with E-state index in [2.05, 4.69) is 23.6 Å². The molecule has 0 saturated carbocycles. The number of nitrogens with one attached hydrogen (secondary N) is 1. The third-order valence-corrected chi connectivity index (χ3v) is 8.12. The number of sulfonamides is 1. The van der Waals surface area contributed by atoms with E-state index >= 15 is 0 Å². The molecule has 0 atom stereocenters. The average molecular weight is 462 g/mol. The fourth-order valence-corrected chi connectivity index (χ4v) is 6.43. The van der Waals surface area contributed by atoms with Gasteiger partial charge in [-0.05, 0) is 42.9 Å². The number of amides is 1. The first-order valence-corrected chi connectivity index (χ1v) is 12.2. The van der Waals surface area contributed by atoms with Gasteiger partial charge in [-0.2, -0.15) is 0 Å². The second-order valence-electron chi connectivity index (χ2n) is 7.81. The number of rotatable bonds is 7. The summed E-state index contributed by atoms with van der Waals surface area (Å²) in [6.45, 7) is 8.75. The van der Waals surface area contributed by atoms with E-state index in [0.29, 0.717) is 18.0 Å². The van der Waals surface area contributed by atoms with Crippen molar-refractivity contribution < 1.29 is 17.9 Å². The van der Waals surface area contributed by atoms with E-state index in [-0.39, 0.29) is 4.21 Å². The molecule has 1 N–H and O–H groups in total. The van der Waals surface area contributed by atoms with Crippen molar-refractivity contribution in [3.05, 3.63) is 58.5 Å². The van der Waals surface area contributed by atoms with Gasteiger partial charge >= 0.3 is 6.09 Å². The van der Waals surface area contributed by atoms with Gasteiger partial charge in [-0.25, -0.2) is 22.9 Å². The second kappa shape index (κ2) is 9.23. The zero-order valence-corrected chi connectivity index (χ0v) is 19.9. The monoisotopic (exact) mass is 461 g/mol. The van der Waals surface area contributed by atoms with Crippen LogP contribution in [0.5, 0.6) is 0 Å². The van der Waals surface area contributed by atoms with Gasteiger partial charge in [0.05, 0.1) is 7.11 Å². The van der Waals surface area contributed by atoms with Gasteiger partial charge in [0.2, 0.25) is 0 Å². The SMILES string of the molecule is COC(=O)NS(=O)(=O)c1sc(CC(C)C)c(C)c1-c1ccc(Cn2ccnc2C)cc1. The fraction of sp³-hybridized carbons (Fsp3) is 0.364. The molecule has 1 aromatic carbocycles. The molecule has 9 heteroatoms. The Morgan fingerprint density at radius 3 is 2.45 bits per heavy atom. The Kier molecular flexibility index (Phi) is 6.86. The zero-order chi connectivity index (χ0) is 22.8. The van der Waals surface area contributed by atoms with Crippen LogP contribution in [0, 0.1) is 19.8 Å². The minimum atomic E-state index is -4.06. The lowest BCUT2D eigenvalue weighted by molar-refractivity contribution is 0.177. The maximum atomic E-state index is 13.0. The van der Waals surface area contributed by atoms with Crippen molar-refractivity contribution in [2.24, 2.45) is 5.92 Å². The summed E-state index contributed by atoms with van der Waals surface area (Å²) in [4.78, 5) is 16.9. The van der Waals surface area contributed by atoms with Crippen LogP contribution in [0.2, 0.25) is 0 Å². The molecule has 2 heterocycles. The summed E-state index contributed by atoms with van der Waals surface area (Å²) in [6, 6.07) is 7.82. The highest BCUT2D eigenvalue weighted by atomic mass is 32.2. The molecule has 0 saturated heterocycles. The molecular formula is C22H27N3O4S2. The van der Waals surface area contributed by atoms with Crippen LogP contribution in [0.15, 0.2) is 40.9 Å². The summed E-state index contributed by atoms with van der Waals surface area (Å²) < 4.78 is 34.6. The van der Waals surface area contributed by atoms with Gasteiger partial charge in [0.1, 0.15) is 10.0 Å². The molecule has 0 aliphatic carbocycles. The van der Waals surface area contributed by atoms with Crippen LogP contribution in [0.1, 0.15) is 35.7 Å². The predicted molar refractivity (Wildman–Crippen MR) is 122 cm³/mol. The molecular weight excluding hydrogens is 434 g/mol. The molecule has 0 bridgehead atoms. The molecule has 0 unspecified atom stereocenters. The van der Waals surface area contributed by atoms with E-state index in [1.165, 1.54) is 11.3 Å². The standard InChI is InChI=1S/C22H27N3O4S2/c1-14(2)12-19-15(3)20(21(30-19)31(27,28)24-22(26)29-5)18-8-6-17(7-9-18)13-25-11-10-23-16(25)4/h6-11,14H,12-13H2,1-5H3,(H,24,26). The predicted octanol–water partition coefficient (Wildman–Crippen LogP) is 4.52. The molecule has 0 aliphatic heterocycles. The first-order valence-electron chi connectivity index (χ1n) is 9.92. The van der Waals surface area contributed by atoms with Gasteiger partial charge in [-0.15, -0.1) is 11.3 Å². The number of benzene rings is 1. The Balaban J connectivity index is 2.03. The number of ether oxygens (including phenoxy) is 1. The van der Waals surface area contributed by atoms with Crippen LogP contribution >= 0.6 is 11.3 Å². The lowest BCUT2D eigenvalue weighted by Crippen LogP contribution is -2.30. The van der Waals surface area contributed by atoms with Gasteiger partial charge in [-0.3, -0.25) is 0 Å². The highest BCUT2D eigenvalue weighted by Gasteiger charge is 2.28. The van der Waals surface area contributed by atoms with Crippen molar-refractivity contribution in [2.75, 3.05) is 7.11 Å². The van der Waals surface area contributed by atoms with E-state index in [1.807, 2.05) is 53.6 Å². The Morgan fingerprint density at radius 2 is 1.90 bits per heavy atom. The number of nitrogens with zero attached hydrogens (tertiary/aromatic N) is 2. The lowest BCUT2D eigenvalue weighted by Gasteiger charge is -2.10. The summed E-state index contributed by atoms with van der Waals surface area (Å²) in [7, 11) is -2.93. The molecule has 2 aromatic heterocycles. The van der Waals surface area contributed by atoms with Crippen molar-refractivity contribution in [3.8, 4) is 11.1 Å². The topological polar surface area (TPSA) is 90.3 Å². The number of aromatic nitrogens is 2. The zero-order valence-electron chi connectivity index (χ0n) is 18.3. The minimum absolute atomic E-state index is 0.129. The van der Waals surface area contributed by atoms with Crippen LogP contribution in [-0.2, 0) is 27.7 Å². The number of imidazole rings is 1. The lowest BCUT2D eigenvalue weighted by atomic mass is 9.99. The molecule has 0 spiro atoms. The third-order valence-electron chi connectivity index (χ3n) is 4.97. The number of methoxy groups -OCH3 is 1. The van der Waals surface area contributed by atoms with Gasteiger partial charge in [0, 0.05) is 29.4 Å². The summed E-state index contributed by atoms with van der Waals surface area (Å²) in [5, 5.41) is 0. The largest absolute Gasteiger partial charge is 0.452 e. The summed E-state index contributed by atoms with van der Waals surface area (Å²) in [6.07, 6.45) is 3.44. The summed E-state index contributed by atoms with van der Waals surface area (Å²) in [5.41, 5.74) is 3.42. The number of carbonyl (C=O) groups is 1. The van der Waals surface area contributed by atoms with Gasteiger partial charge in [-0.1, -0.05) is 38.1 Å².